The number of para-hydroxylation sites is 1. The van der Waals surface area contributed by atoms with Crippen LogP contribution in [0.2, 0.25) is 0 Å². The Bertz CT molecular complexity index is 961. The van der Waals surface area contributed by atoms with Crippen LogP contribution in [-0.4, -0.2) is 25.8 Å². The molecule has 2 N–H and O–H groups in total. The van der Waals surface area contributed by atoms with Crippen LogP contribution in [0.25, 0.3) is 0 Å². The van der Waals surface area contributed by atoms with E-state index in [1.165, 1.54) is 11.9 Å². The smallest absolute Gasteiger partial charge is 0.392 e. The Balaban J connectivity index is 1.61. The van der Waals surface area contributed by atoms with E-state index in [1.807, 2.05) is 30.3 Å². The summed E-state index contributed by atoms with van der Waals surface area (Å²) in [6, 6.07) is 11.0. The lowest BCUT2D eigenvalue weighted by Gasteiger charge is -2.36. The maximum atomic E-state index is 12.6. The highest BCUT2D eigenvalue weighted by atomic mass is 32.2. The average Bonchev–Trinajstić information content (AvgIpc) is 2.97. The number of benzene rings is 2. The minimum absolute atomic E-state index is 0.112. The Morgan fingerprint density at radius 2 is 1.97 bits per heavy atom. The van der Waals surface area contributed by atoms with Crippen LogP contribution in [0.15, 0.2) is 41.3 Å². The Morgan fingerprint density at radius 1 is 1.20 bits per heavy atom. The van der Waals surface area contributed by atoms with E-state index in [1.54, 1.807) is 13.2 Å². The number of anilines is 2. The fourth-order valence-electron chi connectivity index (χ4n) is 3.77. The van der Waals surface area contributed by atoms with Crippen molar-refractivity contribution in [2.75, 3.05) is 23.8 Å². The number of hydrogen-bond donors (Lipinski definition) is 2. The molecule has 0 saturated heterocycles. The zero-order chi connectivity index (χ0) is 21.4. The van der Waals surface area contributed by atoms with Crippen LogP contribution in [0.4, 0.5) is 24.5 Å². The molecule has 1 saturated carbocycles. The van der Waals surface area contributed by atoms with E-state index in [2.05, 4.69) is 10.0 Å². The molecule has 0 bridgehead atoms. The Kier molecular flexibility index (Phi) is 5.48. The van der Waals surface area contributed by atoms with Crippen molar-refractivity contribution in [2.24, 2.45) is 0 Å². The second kappa shape index (κ2) is 7.94. The summed E-state index contributed by atoms with van der Waals surface area (Å²) in [6.07, 6.45) is -3.00. The molecule has 1 aliphatic heterocycles. The molecule has 2 aliphatic rings. The lowest BCUT2D eigenvalue weighted by atomic mass is 9.65. The van der Waals surface area contributed by atoms with Gasteiger partial charge in [-0.3, -0.25) is 4.79 Å². The molecule has 160 valence electrons. The van der Waals surface area contributed by atoms with E-state index in [-0.39, 0.29) is 11.7 Å². The lowest BCUT2D eigenvalue weighted by molar-refractivity contribution is -0.139. The van der Waals surface area contributed by atoms with Crippen LogP contribution in [0, 0.1) is 0 Å². The van der Waals surface area contributed by atoms with Gasteiger partial charge in [0.25, 0.3) is 0 Å². The summed E-state index contributed by atoms with van der Waals surface area (Å²) in [5.41, 5.74) is 1.31. The van der Waals surface area contributed by atoms with Crippen LogP contribution >= 0.6 is 11.9 Å². The second-order valence-electron chi connectivity index (χ2n) is 7.36. The van der Waals surface area contributed by atoms with Gasteiger partial charge in [0.2, 0.25) is 5.91 Å². The van der Waals surface area contributed by atoms with Crippen LogP contribution < -0.4 is 19.5 Å². The lowest BCUT2D eigenvalue weighted by Crippen LogP contribution is -2.40. The largest absolute Gasteiger partial charge is 0.496 e. The van der Waals surface area contributed by atoms with Gasteiger partial charge >= 0.3 is 6.18 Å². The quantitative estimate of drug-likeness (QED) is 0.558. The summed E-state index contributed by atoms with van der Waals surface area (Å²) in [7, 11) is 1.58. The van der Waals surface area contributed by atoms with E-state index in [4.69, 9.17) is 9.47 Å². The molecular formula is C21H21F3N2O3S. The number of hydrogen-bond acceptors (Lipinski definition) is 5. The number of carbonyl (C=O) groups is 1. The molecule has 1 amide bonds. The fraction of sp³-hybridized carbons (Fsp3) is 0.381. The van der Waals surface area contributed by atoms with Gasteiger partial charge < -0.3 is 19.5 Å². The molecule has 0 aromatic heterocycles. The SMILES string of the molecule is COc1ccccc1SNc1cc(OCCC(F)(F)F)c2c(c1)C1(CCC1)C(=O)N2. The van der Waals surface area contributed by atoms with Gasteiger partial charge in [0.15, 0.2) is 0 Å². The third-order valence-corrected chi connectivity index (χ3v) is 6.38. The van der Waals surface area contributed by atoms with Crippen molar-refractivity contribution in [1.29, 1.82) is 0 Å². The van der Waals surface area contributed by atoms with Gasteiger partial charge in [-0.05, 0) is 48.6 Å². The monoisotopic (exact) mass is 438 g/mol. The predicted molar refractivity (Wildman–Crippen MR) is 109 cm³/mol. The Morgan fingerprint density at radius 3 is 2.63 bits per heavy atom. The fourth-order valence-corrected chi connectivity index (χ4v) is 4.51. The number of alkyl halides is 3. The van der Waals surface area contributed by atoms with Crippen molar-refractivity contribution in [1.82, 2.24) is 0 Å². The van der Waals surface area contributed by atoms with Crippen molar-refractivity contribution < 1.29 is 27.4 Å². The van der Waals surface area contributed by atoms with E-state index in [0.717, 1.165) is 29.7 Å². The highest BCUT2D eigenvalue weighted by Gasteiger charge is 2.52. The molecule has 5 nitrogen and oxygen atoms in total. The van der Waals surface area contributed by atoms with Crippen LogP contribution in [0.3, 0.4) is 0 Å². The van der Waals surface area contributed by atoms with Gasteiger partial charge in [-0.1, -0.05) is 18.6 Å². The summed E-state index contributed by atoms with van der Waals surface area (Å²) >= 11 is 1.32. The van der Waals surface area contributed by atoms with Crippen molar-refractivity contribution in [3.63, 3.8) is 0 Å². The molecular weight excluding hydrogens is 417 g/mol. The Hall–Kier alpha value is -2.55. The first-order valence-electron chi connectivity index (χ1n) is 9.58. The third-order valence-electron chi connectivity index (χ3n) is 5.49. The summed E-state index contributed by atoms with van der Waals surface area (Å²) in [4.78, 5) is 13.5. The van der Waals surface area contributed by atoms with E-state index in [9.17, 15) is 18.0 Å². The second-order valence-corrected chi connectivity index (χ2v) is 8.20. The number of carbonyl (C=O) groups excluding carboxylic acids is 1. The van der Waals surface area contributed by atoms with Gasteiger partial charge in [-0.2, -0.15) is 13.2 Å². The Labute approximate surface area is 176 Å². The standard InChI is InChI=1S/C21H21F3N2O3S/c1-28-15-5-2-3-6-17(15)30-26-13-11-14-18(25-19(27)20(14)7-4-8-20)16(12-13)29-10-9-21(22,23)24/h2-3,5-6,11-12,26H,4,7-10H2,1H3,(H,25,27). The third kappa shape index (κ3) is 3.90. The first-order valence-corrected chi connectivity index (χ1v) is 10.4. The maximum Gasteiger partial charge on any atom is 0.392 e. The topological polar surface area (TPSA) is 59.6 Å². The number of methoxy groups -OCH3 is 1. The number of ether oxygens (including phenoxy) is 2. The number of amides is 1. The molecule has 30 heavy (non-hydrogen) atoms. The molecule has 9 heteroatoms. The molecule has 4 rings (SSSR count). The number of nitrogens with one attached hydrogen (secondary N) is 2. The van der Waals surface area contributed by atoms with Crippen LogP contribution in [0.1, 0.15) is 31.2 Å². The van der Waals surface area contributed by atoms with Crippen molar-refractivity contribution in [3.05, 3.63) is 42.0 Å². The molecule has 1 spiro atoms. The number of rotatable bonds is 7. The molecule has 0 radical (unpaired) electrons. The van der Waals surface area contributed by atoms with E-state index < -0.39 is 24.6 Å². The van der Waals surface area contributed by atoms with E-state index in [0.29, 0.717) is 17.1 Å². The van der Waals surface area contributed by atoms with Gasteiger partial charge in [0, 0.05) is 11.8 Å². The molecule has 1 fully saturated rings. The summed E-state index contributed by atoms with van der Waals surface area (Å²) in [6.45, 7) is -0.512. The summed E-state index contributed by atoms with van der Waals surface area (Å²) in [5.74, 6) is 0.834. The van der Waals surface area contributed by atoms with Crippen LogP contribution in [-0.2, 0) is 10.2 Å². The highest BCUT2D eigenvalue weighted by molar-refractivity contribution is 8.00. The molecule has 0 unspecified atom stereocenters. The predicted octanol–water partition coefficient (Wildman–Crippen LogP) is 5.52. The van der Waals surface area contributed by atoms with E-state index >= 15 is 0 Å². The highest BCUT2D eigenvalue weighted by Crippen LogP contribution is 2.54. The molecule has 2 aromatic rings. The van der Waals surface area contributed by atoms with Gasteiger partial charge in [-0.25, -0.2) is 0 Å². The molecule has 2 aromatic carbocycles. The first kappa shape index (κ1) is 20.7. The van der Waals surface area contributed by atoms with Gasteiger partial charge in [-0.15, -0.1) is 0 Å². The molecule has 1 heterocycles. The normalized spacial score (nSPS) is 16.6. The van der Waals surface area contributed by atoms with Crippen molar-refractivity contribution in [3.8, 4) is 11.5 Å². The number of fused-ring (bicyclic) bond motifs is 2. The zero-order valence-electron chi connectivity index (χ0n) is 16.3. The van der Waals surface area contributed by atoms with Crippen molar-refractivity contribution >= 4 is 29.2 Å². The van der Waals surface area contributed by atoms with Crippen LogP contribution in [0.5, 0.6) is 11.5 Å². The van der Waals surface area contributed by atoms with Gasteiger partial charge in [0.05, 0.1) is 36.1 Å². The summed E-state index contributed by atoms with van der Waals surface area (Å²) in [5, 5.41) is 2.83. The minimum Gasteiger partial charge on any atom is -0.496 e. The first-order chi connectivity index (χ1) is 14.3. The number of halogens is 3. The summed E-state index contributed by atoms with van der Waals surface area (Å²) < 4.78 is 51.7. The minimum atomic E-state index is -4.31. The van der Waals surface area contributed by atoms with Crippen molar-refractivity contribution in [2.45, 2.75) is 42.2 Å². The molecule has 0 atom stereocenters. The average molecular weight is 438 g/mol. The molecule has 1 aliphatic carbocycles. The maximum absolute atomic E-state index is 12.6. The zero-order valence-corrected chi connectivity index (χ0v) is 17.1. The van der Waals surface area contributed by atoms with Gasteiger partial charge in [0.1, 0.15) is 11.5 Å².